The third kappa shape index (κ3) is 4.20. The maximum atomic E-state index is 13.9. The SMILES string of the molecule is Fc1ccc(-c2csc(Nc3cccc(Cc4ccccc4)c3)n2)c(F)c1. The first kappa shape index (κ1) is 17.4. The normalized spacial score (nSPS) is 10.7. The largest absolute Gasteiger partial charge is 0.332 e. The lowest BCUT2D eigenvalue weighted by Crippen LogP contribution is -1.93. The molecule has 1 heterocycles. The average molecular weight is 378 g/mol. The average Bonchev–Trinajstić information content (AvgIpc) is 3.11. The van der Waals surface area contributed by atoms with Gasteiger partial charge >= 0.3 is 0 Å². The number of hydrogen-bond acceptors (Lipinski definition) is 3. The van der Waals surface area contributed by atoms with Crippen LogP contribution in [0.25, 0.3) is 11.3 Å². The van der Waals surface area contributed by atoms with Gasteiger partial charge in [-0.15, -0.1) is 11.3 Å². The summed E-state index contributed by atoms with van der Waals surface area (Å²) in [6, 6.07) is 21.9. The summed E-state index contributed by atoms with van der Waals surface area (Å²) in [5, 5.41) is 5.68. The molecule has 0 saturated carbocycles. The standard InChI is InChI=1S/C22H16F2N2S/c23-17-9-10-19(20(24)13-17)21-14-27-22(26-21)25-18-8-4-7-16(12-18)11-15-5-2-1-3-6-15/h1-10,12-14H,11H2,(H,25,26). The summed E-state index contributed by atoms with van der Waals surface area (Å²) >= 11 is 1.38. The number of rotatable bonds is 5. The Hall–Kier alpha value is -3.05. The lowest BCUT2D eigenvalue weighted by Gasteiger charge is -2.06. The molecule has 0 aliphatic heterocycles. The lowest BCUT2D eigenvalue weighted by atomic mass is 10.0. The van der Waals surface area contributed by atoms with E-state index in [1.54, 1.807) is 5.38 Å². The minimum Gasteiger partial charge on any atom is -0.332 e. The van der Waals surface area contributed by atoms with Crippen molar-refractivity contribution in [2.24, 2.45) is 0 Å². The molecule has 3 aromatic carbocycles. The summed E-state index contributed by atoms with van der Waals surface area (Å²) in [4.78, 5) is 4.42. The van der Waals surface area contributed by atoms with E-state index in [-0.39, 0.29) is 0 Å². The fourth-order valence-corrected chi connectivity index (χ4v) is 3.60. The van der Waals surface area contributed by atoms with Crippen molar-refractivity contribution in [1.82, 2.24) is 4.98 Å². The van der Waals surface area contributed by atoms with Gasteiger partial charge in [0.05, 0.1) is 5.69 Å². The second-order valence-corrected chi connectivity index (χ2v) is 7.01. The molecule has 1 aromatic heterocycles. The Balaban J connectivity index is 1.51. The van der Waals surface area contributed by atoms with E-state index in [1.165, 1.54) is 34.6 Å². The van der Waals surface area contributed by atoms with Gasteiger partial charge in [-0.3, -0.25) is 0 Å². The van der Waals surface area contributed by atoms with E-state index in [9.17, 15) is 8.78 Å². The molecule has 134 valence electrons. The molecule has 0 aliphatic rings. The van der Waals surface area contributed by atoms with Gasteiger partial charge in [-0.2, -0.15) is 0 Å². The molecule has 0 saturated heterocycles. The molecule has 5 heteroatoms. The Kier molecular flexibility index (Phi) is 4.94. The van der Waals surface area contributed by atoms with Gasteiger partial charge in [0.1, 0.15) is 11.6 Å². The molecule has 4 rings (SSSR count). The first-order chi connectivity index (χ1) is 13.2. The van der Waals surface area contributed by atoms with Crippen LogP contribution in [0.15, 0.2) is 78.2 Å². The van der Waals surface area contributed by atoms with Crippen LogP contribution in [0.1, 0.15) is 11.1 Å². The lowest BCUT2D eigenvalue weighted by molar-refractivity contribution is 0.585. The van der Waals surface area contributed by atoms with E-state index in [0.717, 1.165) is 18.2 Å². The fourth-order valence-electron chi connectivity index (χ4n) is 2.87. The maximum absolute atomic E-state index is 13.9. The Labute approximate surface area is 160 Å². The zero-order chi connectivity index (χ0) is 18.6. The molecule has 0 radical (unpaired) electrons. The predicted molar refractivity (Wildman–Crippen MR) is 106 cm³/mol. The third-order valence-electron chi connectivity index (χ3n) is 4.14. The van der Waals surface area contributed by atoms with E-state index in [1.807, 2.05) is 30.3 Å². The van der Waals surface area contributed by atoms with Gasteiger partial charge in [-0.1, -0.05) is 42.5 Å². The van der Waals surface area contributed by atoms with Crippen molar-refractivity contribution in [3.8, 4) is 11.3 Å². The number of benzene rings is 3. The molecular weight excluding hydrogens is 362 g/mol. The molecule has 0 amide bonds. The summed E-state index contributed by atoms with van der Waals surface area (Å²) < 4.78 is 27.0. The number of hydrogen-bond donors (Lipinski definition) is 1. The number of aromatic nitrogens is 1. The van der Waals surface area contributed by atoms with E-state index in [4.69, 9.17) is 0 Å². The zero-order valence-electron chi connectivity index (χ0n) is 14.3. The minimum absolute atomic E-state index is 0.290. The van der Waals surface area contributed by atoms with Crippen LogP contribution in [0.4, 0.5) is 19.6 Å². The number of nitrogens with one attached hydrogen (secondary N) is 1. The second kappa shape index (κ2) is 7.68. The molecule has 0 unspecified atom stereocenters. The predicted octanol–water partition coefficient (Wildman–Crippen LogP) is 6.42. The minimum atomic E-state index is -0.614. The van der Waals surface area contributed by atoms with Crippen LogP contribution in [-0.2, 0) is 6.42 Å². The molecule has 0 aliphatic carbocycles. The fraction of sp³-hybridized carbons (Fsp3) is 0.0455. The highest BCUT2D eigenvalue weighted by atomic mass is 32.1. The van der Waals surface area contributed by atoms with E-state index < -0.39 is 11.6 Å². The highest BCUT2D eigenvalue weighted by molar-refractivity contribution is 7.14. The molecule has 1 N–H and O–H groups in total. The molecule has 0 atom stereocenters. The van der Waals surface area contributed by atoms with Gasteiger partial charge in [0.25, 0.3) is 0 Å². The summed E-state index contributed by atoms with van der Waals surface area (Å²) in [5.41, 5.74) is 4.13. The number of anilines is 2. The molecule has 4 aromatic rings. The van der Waals surface area contributed by atoms with Gasteiger partial charge in [-0.05, 0) is 41.8 Å². The Bertz CT molecular complexity index is 1060. The number of nitrogens with zero attached hydrogens (tertiary/aromatic N) is 1. The topological polar surface area (TPSA) is 24.9 Å². The Morgan fingerprint density at radius 1 is 0.852 bits per heavy atom. The quantitative estimate of drug-likeness (QED) is 0.433. The van der Waals surface area contributed by atoms with Crippen molar-refractivity contribution in [3.63, 3.8) is 0 Å². The monoisotopic (exact) mass is 378 g/mol. The van der Waals surface area contributed by atoms with E-state index in [2.05, 4.69) is 34.6 Å². The van der Waals surface area contributed by atoms with Crippen LogP contribution in [-0.4, -0.2) is 4.98 Å². The smallest absolute Gasteiger partial charge is 0.187 e. The summed E-state index contributed by atoms with van der Waals surface area (Å²) in [7, 11) is 0. The molecule has 0 bridgehead atoms. The van der Waals surface area contributed by atoms with E-state index >= 15 is 0 Å². The van der Waals surface area contributed by atoms with Crippen molar-refractivity contribution in [1.29, 1.82) is 0 Å². The summed E-state index contributed by atoms with van der Waals surface area (Å²) in [5.74, 6) is -1.21. The van der Waals surface area contributed by atoms with Crippen LogP contribution in [0.3, 0.4) is 0 Å². The third-order valence-corrected chi connectivity index (χ3v) is 4.90. The van der Waals surface area contributed by atoms with E-state index in [0.29, 0.717) is 16.4 Å². The summed E-state index contributed by atoms with van der Waals surface area (Å²) in [6.07, 6.45) is 0.847. The molecule has 2 nitrogen and oxygen atoms in total. The molecule has 27 heavy (non-hydrogen) atoms. The number of halogens is 2. The van der Waals surface area contributed by atoms with Crippen LogP contribution in [0.2, 0.25) is 0 Å². The van der Waals surface area contributed by atoms with Gasteiger partial charge in [0, 0.05) is 22.7 Å². The van der Waals surface area contributed by atoms with Crippen molar-refractivity contribution < 1.29 is 8.78 Å². The van der Waals surface area contributed by atoms with Gasteiger partial charge < -0.3 is 5.32 Å². The van der Waals surface area contributed by atoms with Crippen LogP contribution in [0, 0.1) is 11.6 Å². The van der Waals surface area contributed by atoms with Gasteiger partial charge in [0.15, 0.2) is 5.13 Å². The van der Waals surface area contributed by atoms with Crippen LogP contribution < -0.4 is 5.32 Å². The second-order valence-electron chi connectivity index (χ2n) is 6.15. The molecular formula is C22H16F2N2S. The first-order valence-corrected chi connectivity index (χ1v) is 9.36. The van der Waals surface area contributed by atoms with Crippen molar-refractivity contribution in [3.05, 3.63) is 101 Å². The van der Waals surface area contributed by atoms with Crippen LogP contribution in [0.5, 0.6) is 0 Å². The van der Waals surface area contributed by atoms with Crippen molar-refractivity contribution in [2.75, 3.05) is 5.32 Å². The van der Waals surface area contributed by atoms with Crippen molar-refractivity contribution >= 4 is 22.2 Å². The zero-order valence-corrected chi connectivity index (χ0v) is 15.1. The number of thiazole rings is 1. The van der Waals surface area contributed by atoms with Crippen molar-refractivity contribution in [2.45, 2.75) is 6.42 Å². The highest BCUT2D eigenvalue weighted by Crippen LogP contribution is 2.29. The highest BCUT2D eigenvalue weighted by Gasteiger charge is 2.10. The Morgan fingerprint density at radius 3 is 2.48 bits per heavy atom. The molecule has 0 fully saturated rings. The van der Waals surface area contributed by atoms with Gasteiger partial charge in [0.2, 0.25) is 0 Å². The van der Waals surface area contributed by atoms with Gasteiger partial charge in [-0.25, -0.2) is 13.8 Å². The van der Waals surface area contributed by atoms with Crippen LogP contribution >= 0.6 is 11.3 Å². The maximum Gasteiger partial charge on any atom is 0.187 e. The summed E-state index contributed by atoms with van der Waals surface area (Å²) in [6.45, 7) is 0. The first-order valence-electron chi connectivity index (χ1n) is 8.48. The Morgan fingerprint density at radius 2 is 1.67 bits per heavy atom. The molecule has 0 spiro atoms.